The third-order valence-corrected chi connectivity index (χ3v) is 13.2. The van der Waals surface area contributed by atoms with Gasteiger partial charge in [0.2, 0.25) is 11.8 Å². The Morgan fingerprint density at radius 1 is 0.538 bits per heavy atom. The molecule has 0 fully saturated rings. The van der Waals surface area contributed by atoms with Gasteiger partial charge in [0.1, 0.15) is 23.0 Å². The topological polar surface area (TPSA) is 224 Å². The Kier molecular flexibility index (Phi) is 15.8. The number of nitrogens with one attached hydrogen (secondary N) is 6. The lowest BCUT2D eigenvalue weighted by atomic mass is 9.95. The number of amides is 6. The maximum absolute atomic E-state index is 13.5. The molecule has 2 aliphatic heterocycles. The Morgan fingerprint density at radius 2 is 0.885 bits per heavy atom. The van der Waals surface area contributed by atoms with E-state index in [2.05, 4.69) is 54.6 Å². The highest BCUT2D eigenvalue weighted by Crippen LogP contribution is 2.34. The van der Waals surface area contributed by atoms with Gasteiger partial charge in [0.25, 0.3) is 23.6 Å². The van der Waals surface area contributed by atoms with Crippen LogP contribution in [-0.4, -0.2) is 87.9 Å². The summed E-state index contributed by atoms with van der Waals surface area (Å²) in [5, 5.41) is 20.4. The van der Waals surface area contributed by atoms with Crippen LogP contribution in [0.1, 0.15) is 101 Å². The fourth-order valence-electron chi connectivity index (χ4n) is 9.53. The second kappa shape index (κ2) is 23.3. The third-order valence-electron chi connectivity index (χ3n) is 13.2. The lowest BCUT2D eigenvalue weighted by Gasteiger charge is -2.32. The molecule has 10 rings (SSSR count). The summed E-state index contributed by atoms with van der Waals surface area (Å²) < 4.78 is 30.5. The molecule has 6 amide bonds. The molecule has 20 heteroatoms. The second-order valence-corrected chi connectivity index (χ2v) is 18.8. The molecule has 8 aromatic rings. The van der Waals surface area contributed by atoms with Gasteiger partial charge in [-0.1, -0.05) is 51.3 Å². The summed E-state index contributed by atoms with van der Waals surface area (Å²) in [6.07, 6.45) is 5.73. The van der Waals surface area contributed by atoms with Gasteiger partial charge in [0.05, 0.1) is 26.2 Å². The van der Waals surface area contributed by atoms with E-state index in [1.165, 1.54) is 36.4 Å². The van der Waals surface area contributed by atoms with Gasteiger partial charge in [-0.2, -0.15) is 10.2 Å². The second-order valence-electron chi connectivity index (χ2n) is 18.8. The van der Waals surface area contributed by atoms with Crippen molar-refractivity contribution < 1.29 is 37.5 Å². The van der Waals surface area contributed by atoms with E-state index in [1.807, 2.05) is 13.8 Å². The largest absolute Gasteiger partial charge is 0.357 e. The molecule has 4 aromatic carbocycles. The summed E-state index contributed by atoms with van der Waals surface area (Å²) in [6, 6.07) is 32.6. The number of rotatable bonds is 14. The number of aromatic amines is 2. The van der Waals surface area contributed by atoms with Crippen molar-refractivity contribution in [1.82, 2.24) is 39.3 Å². The summed E-state index contributed by atoms with van der Waals surface area (Å²) in [4.78, 5) is 85.6. The molecule has 2 aliphatic rings. The van der Waals surface area contributed by atoms with Crippen LogP contribution in [0.25, 0.3) is 0 Å². The van der Waals surface area contributed by atoms with Crippen molar-refractivity contribution in [2.24, 2.45) is 0 Å². The van der Waals surface area contributed by atoms with Crippen molar-refractivity contribution in [1.29, 1.82) is 0 Å². The number of anilines is 4. The summed E-state index contributed by atoms with van der Waals surface area (Å²) in [7, 11) is 0. The average Bonchev–Trinajstić information content (AvgIpc) is 4.34. The predicted octanol–water partition coefficient (Wildman–Crippen LogP) is 9.07. The number of halogens is 2. The van der Waals surface area contributed by atoms with E-state index in [4.69, 9.17) is 0 Å². The highest BCUT2D eigenvalue weighted by molar-refractivity contribution is 6.06. The standard InChI is InChI=1S/2C29H27FN6O3/c2*1-3-25(37)32-21-10-12-22(13-11-21)33-28(38)26-23-17-35(29(39)24-5-4-14-31-24)15-18(2)27(23)36(34-26)16-19-6-8-20(30)9-7-19/h2*3-14,18,31H,1,15-17H2,2H3,(H,32,37)(H,33,38)/t2*18-/m10/s1. The van der Waals surface area contributed by atoms with Crippen LogP contribution in [0.3, 0.4) is 0 Å². The Bertz CT molecular complexity index is 3280. The van der Waals surface area contributed by atoms with Gasteiger partial charge < -0.3 is 41.0 Å². The zero-order valence-corrected chi connectivity index (χ0v) is 42.6. The van der Waals surface area contributed by atoms with Gasteiger partial charge in [-0.05, 0) is 120 Å². The van der Waals surface area contributed by atoms with Crippen LogP contribution in [0, 0.1) is 11.6 Å². The lowest BCUT2D eigenvalue weighted by molar-refractivity contribution is -0.112. The minimum absolute atomic E-state index is 0.102. The number of hydrogen-bond donors (Lipinski definition) is 6. The van der Waals surface area contributed by atoms with Crippen molar-refractivity contribution >= 4 is 58.2 Å². The zero-order chi connectivity index (χ0) is 55.0. The Balaban J connectivity index is 0.000000190. The molecule has 2 atom stereocenters. The molecular weight excluding hydrogens is 999 g/mol. The van der Waals surface area contributed by atoms with E-state index in [0.29, 0.717) is 71.4 Å². The van der Waals surface area contributed by atoms with Crippen molar-refractivity contribution in [3.8, 4) is 0 Å². The number of benzene rings is 4. The van der Waals surface area contributed by atoms with Crippen molar-refractivity contribution in [3.05, 3.63) is 227 Å². The first-order valence-electron chi connectivity index (χ1n) is 24.9. The molecule has 18 nitrogen and oxygen atoms in total. The van der Waals surface area contributed by atoms with Gasteiger partial charge in [0.15, 0.2) is 11.4 Å². The summed E-state index contributed by atoms with van der Waals surface area (Å²) in [5.41, 5.74) is 8.26. The van der Waals surface area contributed by atoms with Crippen LogP contribution in [0.2, 0.25) is 0 Å². The molecule has 6 N–H and O–H groups in total. The molecule has 0 saturated heterocycles. The first-order valence-corrected chi connectivity index (χ1v) is 24.9. The first-order chi connectivity index (χ1) is 37.6. The number of hydrogen-bond acceptors (Lipinski definition) is 8. The predicted molar refractivity (Wildman–Crippen MR) is 290 cm³/mol. The maximum atomic E-state index is 13.5. The Hall–Kier alpha value is -9.98. The average molecular weight is 1050 g/mol. The first kappa shape index (κ1) is 52.9. The Labute approximate surface area is 446 Å². The summed E-state index contributed by atoms with van der Waals surface area (Å²) >= 11 is 0. The minimum Gasteiger partial charge on any atom is -0.357 e. The van der Waals surface area contributed by atoms with E-state index < -0.39 is 11.8 Å². The monoisotopic (exact) mass is 1050 g/mol. The van der Waals surface area contributed by atoms with E-state index in [0.717, 1.165) is 22.5 Å². The van der Waals surface area contributed by atoms with Gasteiger partial charge in [-0.3, -0.25) is 38.1 Å². The molecule has 0 bridgehead atoms. The van der Waals surface area contributed by atoms with Gasteiger partial charge in [-0.25, -0.2) is 8.78 Å². The van der Waals surface area contributed by atoms with E-state index in [-0.39, 0.29) is 71.6 Å². The van der Waals surface area contributed by atoms with Crippen LogP contribution in [0.5, 0.6) is 0 Å². The van der Waals surface area contributed by atoms with Crippen LogP contribution >= 0.6 is 0 Å². The molecule has 78 heavy (non-hydrogen) atoms. The SMILES string of the molecule is C=CC(=O)Nc1ccc(NC(=O)c2nn(Cc3ccc(F)cc3)c3c2CN(C(=O)c2ccc[nH]2)C[C@@H]3C)cc1.C=CC(=O)Nc1ccc(NC(=O)c2nn(Cc3ccc(F)cc3)c3c2CN(C(=O)c2ccc[nH]2)C[C@H]3C)cc1. The number of H-pyrrole nitrogens is 2. The van der Waals surface area contributed by atoms with Crippen LogP contribution < -0.4 is 21.3 Å². The number of aromatic nitrogens is 6. The van der Waals surface area contributed by atoms with E-state index in [1.54, 1.807) is 129 Å². The number of fused-ring (bicyclic) bond motifs is 2. The minimum atomic E-state index is -0.423. The highest BCUT2D eigenvalue weighted by Gasteiger charge is 2.36. The number of carbonyl (C=O) groups excluding carboxylic acids is 6. The smallest absolute Gasteiger partial charge is 0.276 e. The number of nitrogens with zero attached hydrogens (tertiary/aromatic N) is 6. The highest BCUT2D eigenvalue weighted by atomic mass is 19.1. The van der Waals surface area contributed by atoms with E-state index >= 15 is 0 Å². The van der Waals surface area contributed by atoms with E-state index in [9.17, 15) is 37.5 Å². The number of carbonyl (C=O) groups is 6. The molecule has 4 aromatic heterocycles. The molecule has 0 aliphatic carbocycles. The van der Waals surface area contributed by atoms with Gasteiger partial charge in [0, 0.05) is 82.6 Å². The fraction of sp³-hybridized carbons (Fsp3) is 0.172. The van der Waals surface area contributed by atoms with Gasteiger partial charge in [-0.15, -0.1) is 0 Å². The lowest BCUT2D eigenvalue weighted by Crippen LogP contribution is -2.38. The zero-order valence-electron chi connectivity index (χ0n) is 42.6. The molecular formula is C58H54F2N12O6. The molecule has 6 heterocycles. The van der Waals surface area contributed by atoms with Crippen molar-refractivity contribution in [2.75, 3.05) is 34.4 Å². The Morgan fingerprint density at radius 3 is 1.21 bits per heavy atom. The molecule has 0 unspecified atom stereocenters. The summed E-state index contributed by atoms with van der Waals surface area (Å²) in [6.45, 7) is 12.9. The quantitative estimate of drug-likeness (QED) is 0.0575. The van der Waals surface area contributed by atoms with Crippen LogP contribution in [-0.2, 0) is 35.8 Å². The molecule has 396 valence electrons. The molecule has 0 radical (unpaired) electrons. The van der Waals surface area contributed by atoms with Gasteiger partial charge >= 0.3 is 0 Å². The molecule has 0 spiro atoms. The molecule has 0 saturated carbocycles. The maximum Gasteiger partial charge on any atom is 0.276 e. The summed E-state index contributed by atoms with van der Waals surface area (Å²) in [5.74, 6) is -2.70. The third kappa shape index (κ3) is 12.1. The van der Waals surface area contributed by atoms with Crippen LogP contribution in [0.4, 0.5) is 31.5 Å². The fourth-order valence-corrected chi connectivity index (χ4v) is 9.53. The van der Waals surface area contributed by atoms with Crippen molar-refractivity contribution in [2.45, 2.75) is 51.9 Å². The van der Waals surface area contributed by atoms with Crippen molar-refractivity contribution in [3.63, 3.8) is 0 Å². The normalized spacial score (nSPS) is 14.4. The van der Waals surface area contributed by atoms with Crippen LogP contribution in [0.15, 0.2) is 159 Å².